The molecule has 8 nitrogen and oxygen atoms in total. The van der Waals surface area contributed by atoms with Gasteiger partial charge in [-0.25, -0.2) is 0 Å². The maximum atomic E-state index is 12.4. The molecule has 2 aromatic carbocycles. The van der Waals surface area contributed by atoms with Gasteiger partial charge < -0.3 is 15.2 Å². The van der Waals surface area contributed by atoms with Crippen molar-refractivity contribution < 1.29 is 24.4 Å². The van der Waals surface area contributed by atoms with Gasteiger partial charge in [0.1, 0.15) is 5.75 Å². The first-order valence-electron chi connectivity index (χ1n) is 7.90. The number of non-ortho nitro benzene ring substituents is 1. The van der Waals surface area contributed by atoms with Crippen LogP contribution in [-0.4, -0.2) is 28.5 Å². The molecule has 0 radical (unpaired) electrons. The molecule has 1 amide bonds. The SMILES string of the molecule is CCOc1ccc([C@@H](CC(=O)O)NC(=O)c2ccc([N+](=O)[O-])cc2)cc1. The van der Waals surface area contributed by atoms with Crippen LogP contribution in [0.1, 0.15) is 35.3 Å². The highest BCUT2D eigenvalue weighted by molar-refractivity contribution is 5.94. The lowest BCUT2D eigenvalue weighted by Gasteiger charge is -2.18. The van der Waals surface area contributed by atoms with Gasteiger partial charge in [0.15, 0.2) is 0 Å². The number of carboxylic acid groups (broad SMARTS) is 1. The van der Waals surface area contributed by atoms with Gasteiger partial charge in [0, 0.05) is 17.7 Å². The van der Waals surface area contributed by atoms with Crippen LogP contribution in [0.5, 0.6) is 5.75 Å². The summed E-state index contributed by atoms with van der Waals surface area (Å²) >= 11 is 0. The van der Waals surface area contributed by atoms with Gasteiger partial charge in [-0.3, -0.25) is 19.7 Å². The molecule has 0 aromatic heterocycles. The summed E-state index contributed by atoms with van der Waals surface area (Å²) in [5.74, 6) is -0.931. The summed E-state index contributed by atoms with van der Waals surface area (Å²) in [5, 5.41) is 22.4. The lowest BCUT2D eigenvalue weighted by Crippen LogP contribution is -2.30. The Labute approximate surface area is 149 Å². The highest BCUT2D eigenvalue weighted by Crippen LogP contribution is 2.21. The van der Waals surface area contributed by atoms with Crippen LogP contribution in [-0.2, 0) is 4.79 Å². The molecule has 0 heterocycles. The molecule has 2 N–H and O–H groups in total. The standard InChI is InChI=1S/C18H18N2O6/c1-2-26-15-9-5-12(6-10-15)16(11-17(21)22)19-18(23)13-3-7-14(8-4-13)20(24)25/h3-10,16H,2,11H2,1H3,(H,19,23)(H,21,22)/t16-/m1/s1. The van der Waals surface area contributed by atoms with Crippen molar-refractivity contribution in [3.63, 3.8) is 0 Å². The number of rotatable bonds is 8. The maximum Gasteiger partial charge on any atom is 0.305 e. The normalized spacial score (nSPS) is 11.4. The number of ether oxygens (including phenoxy) is 1. The van der Waals surface area contributed by atoms with Gasteiger partial charge in [-0.1, -0.05) is 12.1 Å². The van der Waals surface area contributed by atoms with E-state index >= 15 is 0 Å². The first-order valence-corrected chi connectivity index (χ1v) is 7.90. The summed E-state index contributed by atoms with van der Waals surface area (Å²) in [6.07, 6.45) is -0.299. The van der Waals surface area contributed by atoms with E-state index in [1.807, 2.05) is 6.92 Å². The number of nitro groups is 1. The molecule has 1 atom stereocenters. The maximum absolute atomic E-state index is 12.4. The molecule has 0 fully saturated rings. The first-order chi connectivity index (χ1) is 12.4. The van der Waals surface area contributed by atoms with Crippen molar-refractivity contribution in [3.05, 3.63) is 69.8 Å². The number of carbonyl (C=O) groups excluding carboxylic acids is 1. The Kier molecular flexibility index (Phi) is 6.26. The smallest absolute Gasteiger partial charge is 0.305 e. The van der Waals surface area contributed by atoms with E-state index in [2.05, 4.69) is 5.32 Å². The molecule has 0 saturated heterocycles. The van der Waals surface area contributed by atoms with Crippen LogP contribution in [0.15, 0.2) is 48.5 Å². The van der Waals surface area contributed by atoms with Crippen LogP contribution >= 0.6 is 0 Å². The molecule has 0 spiro atoms. The van der Waals surface area contributed by atoms with Gasteiger partial charge in [0.25, 0.3) is 11.6 Å². The molecule has 2 aromatic rings. The van der Waals surface area contributed by atoms with E-state index in [-0.39, 0.29) is 17.7 Å². The van der Waals surface area contributed by atoms with E-state index in [1.54, 1.807) is 24.3 Å². The highest BCUT2D eigenvalue weighted by Gasteiger charge is 2.19. The van der Waals surface area contributed by atoms with E-state index in [1.165, 1.54) is 24.3 Å². The zero-order valence-electron chi connectivity index (χ0n) is 14.0. The largest absolute Gasteiger partial charge is 0.494 e. The van der Waals surface area contributed by atoms with Crippen molar-refractivity contribution in [2.75, 3.05) is 6.61 Å². The van der Waals surface area contributed by atoms with E-state index in [4.69, 9.17) is 9.84 Å². The van der Waals surface area contributed by atoms with Gasteiger partial charge in [-0.2, -0.15) is 0 Å². The third kappa shape index (κ3) is 5.04. The molecule has 2 rings (SSSR count). The molecule has 0 aliphatic heterocycles. The van der Waals surface area contributed by atoms with Gasteiger partial charge in [-0.15, -0.1) is 0 Å². The number of benzene rings is 2. The van der Waals surface area contributed by atoms with E-state index in [0.717, 1.165) is 0 Å². The van der Waals surface area contributed by atoms with Crippen molar-refractivity contribution in [2.24, 2.45) is 0 Å². The van der Waals surface area contributed by atoms with E-state index in [9.17, 15) is 19.7 Å². The molecule has 26 heavy (non-hydrogen) atoms. The third-order valence-electron chi connectivity index (χ3n) is 3.62. The van der Waals surface area contributed by atoms with Gasteiger partial charge in [0.2, 0.25) is 0 Å². The number of nitro benzene ring substituents is 1. The molecule has 8 heteroatoms. The Morgan fingerprint density at radius 3 is 2.27 bits per heavy atom. The fourth-order valence-corrected chi connectivity index (χ4v) is 2.37. The Balaban J connectivity index is 2.17. The number of hydrogen-bond acceptors (Lipinski definition) is 5. The number of hydrogen-bond donors (Lipinski definition) is 2. The number of amides is 1. The van der Waals surface area contributed by atoms with Crippen molar-refractivity contribution >= 4 is 17.6 Å². The fourth-order valence-electron chi connectivity index (χ4n) is 2.37. The molecular formula is C18H18N2O6. The average Bonchev–Trinajstić information content (AvgIpc) is 2.61. The summed E-state index contributed by atoms with van der Waals surface area (Å²) in [6, 6.07) is 11.1. The summed E-state index contributed by atoms with van der Waals surface area (Å²) in [5.41, 5.74) is 0.693. The van der Waals surface area contributed by atoms with Crippen molar-refractivity contribution in [3.8, 4) is 5.75 Å². The van der Waals surface area contributed by atoms with Gasteiger partial charge in [0.05, 0.1) is 24.0 Å². The van der Waals surface area contributed by atoms with E-state index in [0.29, 0.717) is 17.9 Å². The van der Waals surface area contributed by atoms with Crippen molar-refractivity contribution in [1.82, 2.24) is 5.32 Å². The molecular weight excluding hydrogens is 340 g/mol. The zero-order chi connectivity index (χ0) is 19.1. The second-order valence-electron chi connectivity index (χ2n) is 5.43. The monoisotopic (exact) mass is 358 g/mol. The molecule has 0 bridgehead atoms. The highest BCUT2D eigenvalue weighted by atomic mass is 16.6. The molecule has 0 saturated carbocycles. The molecule has 0 aliphatic carbocycles. The third-order valence-corrected chi connectivity index (χ3v) is 3.62. The van der Waals surface area contributed by atoms with Gasteiger partial charge in [-0.05, 0) is 36.8 Å². The van der Waals surface area contributed by atoms with Crippen LogP contribution < -0.4 is 10.1 Å². The molecule has 0 unspecified atom stereocenters. The lowest BCUT2D eigenvalue weighted by molar-refractivity contribution is -0.384. The topological polar surface area (TPSA) is 119 Å². The zero-order valence-corrected chi connectivity index (χ0v) is 14.0. The average molecular weight is 358 g/mol. The Hall–Kier alpha value is -3.42. The first kappa shape index (κ1) is 18.9. The fraction of sp³-hybridized carbons (Fsp3) is 0.222. The predicted octanol–water partition coefficient (Wildman–Crippen LogP) is 2.94. The minimum Gasteiger partial charge on any atom is -0.494 e. The molecule has 136 valence electrons. The second-order valence-corrected chi connectivity index (χ2v) is 5.43. The lowest BCUT2D eigenvalue weighted by atomic mass is 10.0. The summed E-state index contributed by atoms with van der Waals surface area (Å²) in [6.45, 7) is 2.36. The van der Waals surface area contributed by atoms with Crippen LogP contribution in [0.25, 0.3) is 0 Å². The van der Waals surface area contributed by atoms with Crippen LogP contribution in [0.2, 0.25) is 0 Å². The van der Waals surface area contributed by atoms with Crippen LogP contribution in [0, 0.1) is 10.1 Å². The van der Waals surface area contributed by atoms with Crippen LogP contribution in [0.4, 0.5) is 5.69 Å². The number of carbonyl (C=O) groups is 2. The summed E-state index contributed by atoms with van der Waals surface area (Å²) in [7, 11) is 0. The van der Waals surface area contributed by atoms with Crippen LogP contribution in [0.3, 0.4) is 0 Å². The Morgan fingerprint density at radius 2 is 1.77 bits per heavy atom. The van der Waals surface area contributed by atoms with Crippen molar-refractivity contribution in [2.45, 2.75) is 19.4 Å². The Morgan fingerprint density at radius 1 is 1.15 bits per heavy atom. The number of nitrogens with zero attached hydrogens (tertiary/aromatic N) is 1. The quantitative estimate of drug-likeness (QED) is 0.553. The number of nitrogens with one attached hydrogen (secondary N) is 1. The van der Waals surface area contributed by atoms with E-state index < -0.39 is 22.8 Å². The number of aliphatic carboxylic acids is 1. The Bertz CT molecular complexity index is 786. The van der Waals surface area contributed by atoms with Gasteiger partial charge >= 0.3 is 5.97 Å². The minimum atomic E-state index is -1.06. The minimum absolute atomic E-state index is 0.129. The summed E-state index contributed by atoms with van der Waals surface area (Å²) in [4.78, 5) is 33.6. The molecule has 0 aliphatic rings. The van der Waals surface area contributed by atoms with Crippen molar-refractivity contribution in [1.29, 1.82) is 0 Å². The second kappa shape index (κ2) is 8.61. The predicted molar refractivity (Wildman–Crippen MR) is 93.2 cm³/mol. The summed E-state index contributed by atoms with van der Waals surface area (Å²) < 4.78 is 5.34. The number of carboxylic acids is 1.